The predicted octanol–water partition coefficient (Wildman–Crippen LogP) is 1.83. The van der Waals surface area contributed by atoms with Gasteiger partial charge in [-0.25, -0.2) is 9.97 Å². The molecule has 0 aromatic carbocycles. The predicted molar refractivity (Wildman–Crippen MR) is 105 cm³/mol. The Hall–Kier alpha value is -2.58. The van der Waals surface area contributed by atoms with Crippen LogP contribution in [-0.4, -0.2) is 49.8 Å². The topological polar surface area (TPSA) is 111 Å². The number of hydrogen-bond acceptors (Lipinski definition) is 7. The summed E-state index contributed by atoms with van der Waals surface area (Å²) in [6, 6.07) is 3.63. The van der Waals surface area contributed by atoms with Crippen molar-refractivity contribution in [1.29, 1.82) is 0 Å². The van der Waals surface area contributed by atoms with E-state index in [0.29, 0.717) is 35.9 Å². The molecule has 148 valence electrons. The summed E-state index contributed by atoms with van der Waals surface area (Å²) in [4.78, 5) is 27.9. The van der Waals surface area contributed by atoms with Crippen LogP contribution in [0.3, 0.4) is 0 Å². The van der Waals surface area contributed by atoms with Crippen LogP contribution in [0.1, 0.15) is 45.2 Å². The van der Waals surface area contributed by atoms with E-state index >= 15 is 0 Å². The second kappa shape index (κ2) is 7.10. The monoisotopic (exact) mass is 383 g/mol. The van der Waals surface area contributed by atoms with Crippen LogP contribution in [0.25, 0.3) is 11.3 Å². The summed E-state index contributed by atoms with van der Waals surface area (Å²) in [5, 5.41) is 22.9. The van der Waals surface area contributed by atoms with E-state index in [4.69, 9.17) is 4.98 Å². The van der Waals surface area contributed by atoms with Crippen LogP contribution in [0.2, 0.25) is 0 Å². The van der Waals surface area contributed by atoms with Crippen LogP contribution in [0.5, 0.6) is 0 Å². The van der Waals surface area contributed by atoms with E-state index < -0.39 is 5.60 Å². The second-order valence-electron chi connectivity index (χ2n) is 8.00. The van der Waals surface area contributed by atoms with Crippen molar-refractivity contribution in [2.45, 2.75) is 57.3 Å². The third-order valence-electron chi connectivity index (χ3n) is 5.38. The van der Waals surface area contributed by atoms with Crippen LogP contribution >= 0.6 is 0 Å². The van der Waals surface area contributed by atoms with Crippen molar-refractivity contribution in [1.82, 2.24) is 15.0 Å². The largest absolute Gasteiger partial charge is 0.393 e. The molecule has 0 atom stereocenters. The molecule has 1 saturated carbocycles. The Balaban J connectivity index is 1.67. The Morgan fingerprint density at radius 2 is 1.89 bits per heavy atom. The molecular weight excluding hydrogens is 358 g/mol. The highest BCUT2D eigenvalue weighted by Gasteiger charge is 2.35. The molecule has 8 heteroatoms. The van der Waals surface area contributed by atoms with Crippen LogP contribution in [0, 0.1) is 0 Å². The molecule has 2 aromatic rings. The third-order valence-corrected chi connectivity index (χ3v) is 5.38. The molecule has 1 aliphatic carbocycles. The lowest BCUT2D eigenvalue weighted by Gasteiger charge is -2.38. The molecule has 0 radical (unpaired) electrons. The highest BCUT2D eigenvalue weighted by Crippen LogP contribution is 2.34. The molecule has 1 aliphatic heterocycles. The molecule has 8 nitrogen and oxygen atoms in total. The Morgan fingerprint density at radius 3 is 2.54 bits per heavy atom. The number of aliphatic hydroxyl groups excluding tert-OH is 1. The van der Waals surface area contributed by atoms with E-state index in [-0.39, 0.29) is 24.6 Å². The number of carbonyl (C=O) groups excluding carboxylic acids is 1. The molecule has 2 aromatic heterocycles. The summed E-state index contributed by atoms with van der Waals surface area (Å²) in [5.41, 5.74) is 0.936. The average Bonchev–Trinajstić information content (AvgIpc) is 2.68. The van der Waals surface area contributed by atoms with Crippen LogP contribution in [0.4, 0.5) is 11.6 Å². The molecular formula is C20H25N5O3. The molecule has 28 heavy (non-hydrogen) atoms. The highest BCUT2D eigenvalue weighted by molar-refractivity contribution is 6.01. The number of aliphatic hydroxyl groups is 2. The first kappa shape index (κ1) is 18.8. The summed E-state index contributed by atoms with van der Waals surface area (Å²) >= 11 is 0. The fraction of sp³-hybridized carbons (Fsp3) is 0.500. The van der Waals surface area contributed by atoms with E-state index in [1.807, 2.05) is 6.07 Å². The third kappa shape index (κ3) is 3.57. The summed E-state index contributed by atoms with van der Waals surface area (Å²) in [6.45, 7) is 3.57. The molecule has 4 rings (SSSR count). The maximum atomic E-state index is 12.6. The zero-order valence-corrected chi connectivity index (χ0v) is 16.1. The van der Waals surface area contributed by atoms with Crippen molar-refractivity contribution in [3.63, 3.8) is 0 Å². The number of pyridine rings is 1. The molecule has 0 unspecified atom stereocenters. The van der Waals surface area contributed by atoms with Gasteiger partial charge in [-0.15, -0.1) is 0 Å². The molecule has 1 amide bonds. The van der Waals surface area contributed by atoms with Crippen LogP contribution in [-0.2, 0) is 10.4 Å². The number of nitrogens with one attached hydrogen (secondary N) is 1. The lowest BCUT2D eigenvalue weighted by Crippen LogP contribution is -2.49. The van der Waals surface area contributed by atoms with Gasteiger partial charge in [-0.2, -0.15) is 0 Å². The lowest BCUT2D eigenvalue weighted by atomic mass is 9.91. The highest BCUT2D eigenvalue weighted by atomic mass is 16.3. The number of fused-ring (bicyclic) bond motifs is 1. The quantitative estimate of drug-likeness (QED) is 0.741. The van der Waals surface area contributed by atoms with Gasteiger partial charge in [0.15, 0.2) is 11.6 Å². The Morgan fingerprint density at radius 1 is 1.14 bits per heavy atom. The zero-order valence-electron chi connectivity index (χ0n) is 16.1. The minimum absolute atomic E-state index is 0.0250. The van der Waals surface area contributed by atoms with Gasteiger partial charge in [0.1, 0.15) is 5.60 Å². The second-order valence-corrected chi connectivity index (χ2v) is 8.00. The number of hydrogen-bond donors (Lipinski definition) is 3. The fourth-order valence-corrected chi connectivity index (χ4v) is 3.77. The summed E-state index contributed by atoms with van der Waals surface area (Å²) in [6.07, 6.45) is 5.90. The van der Waals surface area contributed by atoms with Gasteiger partial charge in [0, 0.05) is 17.8 Å². The first-order chi connectivity index (χ1) is 13.3. The maximum Gasteiger partial charge on any atom is 0.247 e. The Bertz CT molecular complexity index is 870. The molecule has 3 heterocycles. The fourth-order valence-electron chi connectivity index (χ4n) is 3.77. The Labute approximate surface area is 163 Å². The summed E-state index contributed by atoms with van der Waals surface area (Å²) in [5.74, 6) is 1.09. The number of anilines is 2. The molecule has 0 bridgehead atoms. The maximum absolute atomic E-state index is 12.6. The van der Waals surface area contributed by atoms with Gasteiger partial charge in [-0.3, -0.25) is 14.7 Å². The number of amides is 1. The Kier molecular flexibility index (Phi) is 4.76. The van der Waals surface area contributed by atoms with Gasteiger partial charge in [-0.05, 0) is 51.7 Å². The van der Waals surface area contributed by atoms with Crippen molar-refractivity contribution < 1.29 is 15.0 Å². The van der Waals surface area contributed by atoms with E-state index in [1.165, 1.54) is 0 Å². The molecule has 3 N–H and O–H groups in total. The minimum Gasteiger partial charge on any atom is -0.393 e. The van der Waals surface area contributed by atoms with Gasteiger partial charge >= 0.3 is 0 Å². The molecule has 0 spiro atoms. The molecule has 2 aliphatic rings. The smallest absolute Gasteiger partial charge is 0.247 e. The normalized spacial score (nSPS) is 22.6. The number of nitrogens with zero attached hydrogens (tertiary/aromatic N) is 4. The summed E-state index contributed by atoms with van der Waals surface area (Å²) in [7, 11) is 0. The van der Waals surface area contributed by atoms with E-state index in [1.54, 1.807) is 37.2 Å². The van der Waals surface area contributed by atoms with Gasteiger partial charge < -0.3 is 15.5 Å². The van der Waals surface area contributed by atoms with Crippen molar-refractivity contribution in [3.05, 3.63) is 30.2 Å². The van der Waals surface area contributed by atoms with Crippen molar-refractivity contribution in [2.75, 3.05) is 16.8 Å². The standard InChI is InChI=1S/C20H25N5O3/c1-20(2,28)16-8-3-12(9-21-16)15-10-22-18-19(24-15)25(17(27)11-23-18)13-4-6-14(26)7-5-13/h3,8-10,13-14,26,28H,4-7,11H2,1-2H3,(H,22,23). The number of carbonyl (C=O) groups is 1. The molecule has 0 saturated heterocycles. The van der Waals surface area contributed by atoms with Crippen molar-refractivity contribution in [3.8, 4) is 11.3 Å². The number of aromatic nitrogens is 3. The molecule has 1 fully saturated rings. The number of rotatable bonds is 3. The van der Waals surface area contributed by atoms with Gasteiger partial charge in [0.2, 0.25) is 5.91 Å². The SMILES string of the molecule is CC(C)(O)c1ccc(-c2cnc3c(n2)N(C2CCC(O)CC2)C(=O)CN3)cn1. The van der Waals surface area contributed by atoms with Gasteiger partial charge in [0.05, 0.1) is 30.2 Å². The van der Waals surface area contributed by atoms with Crippen LogP contribution in [0.15, 0.2) is 24.5 Å². The lowest BCUT2D eigenvalue weighted by molar-refractivity contribution is -0.118. The van der Waals surface area contributed by atoms with E-state index in [2.05, 4.69) is 15.3 Å². The van der Waals surface area contributed by atoms with Gasteiger partial charge in [-0.1, -0.05) is 0 Å². The summed E-state index contributed by atoms with van der Waals surface area (Å²) < 4.78 is 0. The van der Waals surface area contributed by atoms with Crippen molar-refractivity contribution in [2.24, 2.45) is 0 Å². The van der Waals surface area contributed by atoms with Crippen molar-refractivity contribution >= 4 is 17.5 Å². The zero-order chi connectivity index (χ0) is 19.9. The first-order valence-corrected chi connectivity index (χ1v) is 9.63. The van der Waals surface area contributed by atoms with Crippen LogP contribution < -0.4 is 10.2 Å². The first-order valence-electron chi connectivity index (χ1n) is 9.63. The average molecular weight is 383 g/mol. The minimum atomic E-state index is -1.02. The van der Waals surface area contributed by atoms with Gasteiger partial charge in [0.25, 0.3) is 0 Å². The van der Waals surface area contributed by atoms with E-state index in [9.17, 15) is 15.0 Å². The van der Waals surface area contributed by atoms with E-state index in [0.717, 1.165) is 18.4 Å².